The standard InChI is InChI=1S/C15H11Cl4N3O2/c16-8-5-9(17)13(10(18)6-8)24-14(23)12-11(19)7-20-15(21-12)22-3-1-2-4-22/h5-7H,1-4H2. The summed E-state index contributed by atoms with van der Waals surface area (Å²) in [6.45, 7) is 1.68. The highest BCUT2D eigenvalue weighted by atomic mass is 35.5. The van der Waals surface area contributed by atoms with Crippen LogP contribution in [-0.4, -0.2) is 29.0 Å². The SMILES string of the molecule is O=C(Oc1c(Cl)cc(Cl)cc1Cl)c1nc(N2CCCC2)ncc1Cl. The van der Waals surface area contributed by atoms with Crippen LogP contribution in [0.2, 0.25) is 20.1 Å². The first-order chi connectivity index (χ1) is 11.5. The molecule has 0 atom stereocenters. The Labute approximate surface area is 158 Å². The molecular weight excluding hydrogens is 396 g/mol. The summed E-state index contributed by atoms with van der Waals surface area (Å²) >= 11 is 23.9. The third-order valence-electron chi connectivity index (χ3n) is 3.47. The van der Waals surface area contributed by atoms with Crippen molar-refractivity contribution in [3.05, 3.63) is 44.1 Å². The molecule has 126 valence electrons. The van der Waals surface area contributed by atoms with E-state index in [2.05, 4.69) is 9.97 Å². The third kappa shape index (κ3) is 3.70. The number of benzene rings is 1. The number of carbonyl (C=O) groups is 1. The molecule has 0 amide bonds. The van der Waals surface area contributed by atoms with Crippen LogP contribution >= 0.6 is 46.4 Å². The quantitative estimate of drug-likeness (QED) is 0.535. The first kappa shape index (κ1) is 17.5. The number of halogens is 4. The summed E-state index contributed by atoms with van der Waals surface area (Å²) in [7, 11) is 0. The van der Waals surface area contributed by atoms with Gasteiger partial charge in [0.1, 0.15) is 0 Å². The molecule has 0 spiro atoms. The van der Waals surface area contributed by atoms with E-state index in [1.165, 1.54) is 18.3 Å². The maximum atomic E-state index is 12.4. The van der Waals surface area contributed by atoms with Gasteiger partial charge in [0.2, 0.25) is 5.95 Å². The molecule has 1 aliphatic heterocycles. The second kappa shape index (κ2) is 7.31. The van der Waals surface area contributed by atoms with E-state index in [1.807, 2.05) is 4.90 Å². The second-order valence-corrected chi connectivity index (χ2v) is 6.81. The van der Waals surface area contributed by atoms with Crippen molar-refractivity contribution in [2.45, 2.75) is 12.8 Å². The summed E-state index contributed by atoms with van der Waals surface area (Å²) in [5, 5.41) is 0.655. The minimum absolute atomic E-state index is 0.00475. The molecule has 0 unspecified atom stereocenters. The van der Waals surface area contributed by atoms with Crippen molar-refractivity contribution in [1.82, 2.24) is 9.97 Å². The molecule has 1 aromatic carbocycles. The Morgan fingerprint density at radius 3 is 2.29 bits per heavy atom. The van der Waals surface area contributed by atoms with Gasteiger partial charge in [-0.2, -0.15) is 0 Å². The van der Waals surface area contributed by atoms with Crippen LogP contribution in [0, 0.1) is 0 Å². The van der Waals surface area contributed by atoms with Crippen molar-refractivity contribution >= 4 is 58.3 Å². The lowest BCUT2D eigenvalue weighted by molar-refractivity contribution is 0.0729. The summed E-state index contributed by atoms with van der Waals surface area (Å²) < 4.78 is 5.26. The molecule has 0 aliphatic carbocycles. The molecule has 1 aromatic heterocycles. The Kier molecular flexibility index (Phi) is 5.35. The van der Waals surface area contributed by atoms with E-state index in [1.54, 1.807) is 0 Å². The fraction of sp³-hybridized carbons (Fsp3) is 0.267. The normalized spacial score (nSPS) is 14.1. The van der Waals surface area contributed by atoms with Gasteiger partial charge in [0.05, 0.1) is 21.3 Å². The number of ether oxygens (including phenoxy) is 1. The van der Waals surface area contributed by atoms with Crippen molar-refractivity contribution in [1.29, 1.82) is 0 Å². The number of carbonyl (C=O) groups excluding carboxylic acids is 1. The molecule has 3 rings (SSSR count). The number of hydrogen-bond donors (Lipinski definition) is 0. The second-order valence-electron chi connectivity index (χ2n) is 5.15. The predicted octanol–water partition coefficient (Wildman–Crippen LogP) is 4.91. The molecule has 9 heteroatoms. The zero-order valence-electron chi connectivity index (χ0n) is 12.2. The smallest absolute Gasteiger partial charge is 0.364 e. The lowest BCUT2D eigenvalue weighted by Gasteiger charge is -2.16. The summed E-state index contributed by atoms with van der Waals surface area (Å²) in [4.78, 5) is 22.8. The number of rotatable bonds is 3. The molecule has 0 N–H and O–H groups in total. The highest BCUT2D eigenvalue weighted by Gasteiger charge is 2.22. The van der Waals surface area contributed by atoms with E-state index in [0.29, 0.717) is 11.0 Å². The van der Waals surface area contributed by atoms with Crippen molar-refractivity contribution < 1.29 is 9.53 Å². The maximum Gasteiger partial charge on any atom is 0.364 e. The summed E-state index contributed by atoms with van der Waals surface area (Å²) in [6.07, 6.45) is 3.49. The zero-order chi connectivity index (χ0) is 17.3. The van der Waals surface area contributed by atoms with E-state index < -0.39 is 5.97 Å². The van der Waals surface area contributed by atoms with E-state index in [0.717, 1.165) is 25.9 Å². The number of nitrogens with zero attached hydrogens (tertiary/aromatic N) is 3. The van der Waals surface area contributed by atoms with Gasteiger partial charge in [-0.25, -0.2) is 14.8 Å². The average Bonchev–Trinajstić information content (AvgIpc) is 3.05. The largest absolute Gasteiger partial charge is 0.419 e. The number of hydrogen-bond acceptors (Lipinski definition) is 5. The number of aromatic nitrogens is 2. The summed E-state index contributed by atoms with van der Waals surface area (Å²) in [5.74, 6) is -0.323. The van der Waals surface area contributed by atoms with Gasteiger partial charge < -0.3 is 9.64 Å². The van der Waals surface area contributed by atoms with Crippen molar-refractivity contribution in [3.63, 3.8) is 0 Å². The van der Waals surface area contributed by atoms with Crippen LogP contribution in [0.5, 0.6) is 5.75 Å². The Morgan fingerprint density at radius 1 is 1.04 bits per heavy atom. The van der Waals surface area contributed by atoms with Gasteiger partial charge >= 0.3 is 5.97 Å². The summed E-state index contributed by atoms with van der Waals surface area (Å²) in [5.41, 5.74) is -0.0457. The van der Waals surface area contributed by atoms with Gasteiger partial charge in [-0.15, -0.1) is 0 Å². The van der Waals surface area contributed by atoms with Crippen LogP contribution in [0.4, 0.5) is 5.95 Å². The van der Waals surface area contributed by atoms with Crippen LogP contribution in [0.1, 0.15) is 23.3 Å². The monoisotopic (exact) mass is 405 g/mol. The Balaban J connectivity index is 1.88. The minimum Gasteiger partial charge on any atom is -0.419 e. The van der Waals surface area contributed by atoms with E-state index in [4.69, 9.17) is 51.1 Å². The highest BCUT2D eigenvalue weighted by molar-refractivity contribution is 6.40. The van der Waals surface area contributed by atoms with E-state index >= 15 is 0 Å². The zero-order valence-corrected chi connectivity index (χ0v) is 15.3. The van der Waals surface area contributed by atoms with Gasteiger partial charge in [0, 0.05) is 18.1 Å². The topological polar surface area (TPSA) is 55.3 Å². The number of anilines is 1. The van der Waals surface area contributed by atoms with Crippen LogP contribution < -0.4 is 9.64 Å². The Morgan fingerprint density at radius 2 is 1.67 bits per heavy atom. The molecule has 2 heterocycles. The van der Waals surface area contributed by atoms with Gasteiger partial charge in [-0.3, -0.25) is 0 Å². The number of esters is 1. The Bertz CT molecular complexity index is 771. The highest BCUT2D eigenvalue weighted by Crippen LogP contribution is 2.36. The predicted molar refractivity (Wildman–Crippen MR) is 94.9 cm³/mol. The van der Waals surface area contributed by atoms with Crippen LogP contribution in [0.3, 0.4) is 0 Å². The Hall–Kier alpha value is -1.27. The fourth-order valence-electron chi connectivity index (χ4n) is 2.34. The van der Waals surface area contributed by atoms with Crippen LogP contribution in [0.15, 0.2) is 18.3 Å². The molecule has 1 fully saturated rings. The third-order valence-corrected chi connectivity index (χ3v) is 4.53. The van der Waals surface area contributed by atoms with Gasteiger partial charge in [-0.1, -0.05) is 46.4 Å². The molecule has 0 saturated carbocycles. The molecule has 1 saturated heterocycles. The average molecular weight is 407 g/mol. The van der Waals surface area contributed by atoms with Crippen molar-refractivity contribution in [2.24, 2.45) is 0 Å². The van der Waals surface area contributed by atoms with Gasteiger partial charge in [-0.05, 0) is 25.0 Å². The fourth-order valence-corrected chi connectivity index (χ4v) is 3.40. The molecule has 5 nitrogen and oxygen atoms in total. The van der Waals surface area contributed by atoms with Crippen LogP contribution in [-0.2, 0) is 0 Å². The van der Waals surface area contributed by atoms with E-state index in [9.17, 15) is 4.79 Å². The maximum absolute atomic E-state index is 12.4. The summed E-state index contributed by atoms with van der Waals surface area (Å²) in [6, 6.07) is 2.85. The van der Waals surface area contributed by atoms with Gasteiger partial charge in [0.15, 0.2) is 11.4 Å². The molecule has 0 radical (unpaired) electrons. The first-order valence-corrected chi connectivity index (χ1v) is 8.61. The van der Waals surface area contributed by atoms with Crippen molar-refractivity contribution in [2.75, 3.05) is 18.0 Å². The molecule has 0 bridgehead atoms. The molecule has 24 heavy (non-hydrogen) atoms. The van der Waals surface area contributed by atoms with Crippen molar-refractivity contribution in [3.8, 4) is 5.75 Å². The molecule has 1 aliphatic rings. The lowest BCUT2D eigenvalue weighted by atomic mass is 10.3. The van der Waals surface area contributed by atoms with E-state index in [-0.39, 0.29) is 26.5 Å². The minimum atomic E-state index is -0.769. The molecule has 2 aromatic rings. The van der Waals surface area contributed by atoms with Crippen LogP contribution in [0.25, 0.3) is 0 Å². The first-order valence-electron chi connectivity index (χ1n) is 7.10. The lowest BCUT2D eigenvalue weighted by Crippen LogP contribution is -2.22. The van der Waals surface area contributed by atoms with Gasteiger partial charge in [0.25, 0.3) is 0 Å². The molecular formula is C15H11Cl4N3O2.